The zero-order valence-corrected chi connectivity index (χ0v) is 13.7. The molecule has 1 aromatic rings. The Hall–Kier alpha value is -2.04. The standard InChI is InChI=1S/C19H24N2O3/c20-17(22)10-24-16-4-2-1-3-15(16)19(23)21-18-13-6-11-5-12(8-13)9-14(18)7-11/h1-4,11-14,18H,5-10H2,(H2,20,22)(H,21,23). The Morgan fingerprint density at radius 3 is 2.29 bits per heavy atom. The molecule has 0 saturated heterocycles. The average molecular weight is 328 g/mol. The van der Waals surface area contributed by atoms with Crippen LogP contribution in [0.25, 0.3) is 0 Å². The monoisotopic (exact) mass is 328 g/mol. The number of primary amides is 1. The number of carbonyl (C=O) groups excluding carboxylic acids is 2. The normalized spacial score (nSPS) is 33.2. The lowest BCUT2D eigenvalue weighted by Crippen LogP contribution is -2.55. The quantitative estimate of drug-likeness (QED) is 0.868. The lowest BCUT2D eigenvalue weighted by molar-refractivity contribution is -0.119. The van der Waals surface area contributed by atoms with Crippen LogP contribution < -0.4 is 15.8 Å². The van der Waals surface area contributed by atoms with Crippen molar-refractivity contribution in [2.45, 2.75) is 38.1 Å². The molecule has 0 aromatic heterocycles. The zero-order chi connectivity index (χ0) is 16.7. The zero-order valence-electron chi connectivity index (χ0n) is 13.7. The first-order chi connectivity index (χ1) is 11.6. The minimum Gasteiger partial charge on any atom is -0.483 e. The highest BCUT2D eigenvalue weighted by atomic mass is 16.5. The van der Waals surface area contributed by atoms with E-state index in [2.05, 4.69) is 5.32 Å². The van der Waals surface area contributed by atoms with Gasteiger partial charge in [-0.25, -0.2) is 0 Å². The van der Waals surface area contributed by atoms with Crippen molar-refractivity contribution in [2.24, 2.45) is 29.4 Å². The van der Waals surface area contributed by atoms with Gasteiger partial charge in [0.25, 0.3) is 11.8 Å². The second kappa shape index (κ2) is 6.11. The molecule has 4 aliphatic carbocycles. The summed E-state index contributed by atoms with van der Waals surface area (Å²) in [5, 5.41) is 3.27. The molecule has 4 saturated carbocycles. The first-order valence-electron chi connectivity index (χ1n) is 8.91. The van der Waals surface area contributed by atoms with E-state index in [0.717, 1.165) is 11.8 Å². The highest BCUT2D eigenvalue weighted by Crippen LogP contribution is 2.53. The van der Waals surface area contributed by atoms with Gasteiger partial charge in [0, 0.05) is 6.04 Å². The van der Waals surface area contributed by atoms with Gasteiger partial charge >= 0.3 is 0 Å². The predicted molar refractivity (Wildman–Crippen MR) is 89.4 cm³/mol. The molecule has 0 atom stereocenters. The van der Waals surface area contributed by atoms with E-state index >= 15 is 0 Å². The largest absolute Gasteiger partial charge is 0.483 e. The molecule has 2 amide bonds. The molecule has 1 aromatic carbocycles. The smallest absolute Gasteiger partial charge is 0.255 e. The van der Waals surface area contributed by atoms with Crippen LogP contribution in [0.2, 0.25) is 0 Å². The number of para-hydroxylation sites is 1. The van der Waals surface area contributed by atoms with Gasteiger partial charge in [0.2, 0.25) is 0 Å². The van der Waals surface area contributed by atoms with Gasteiger partial charge in [0.15, 0.2) is 6.61 Å². The predicted octanol–water partition coefficient (Wildman–Crippen LogP) is 2.11. The summed E-state index contributed by atoms with van der Waals surface area (Å²) >= 11 is 0. The van der Waals surface area contributed by atoms with Gasteiger partial charge in [-0.05, 0) is 67.9 Å². The van der Waals surface area contributed by atoms with Crippen LogP contribution >= 0.6 is 0 Å². The Morgan fingerprint density at radius 2 is 1.67 bits per heavy atom. The molecule has 0 radical (unpaired) electrons. The molecule has 0 heterocycles. The first kappa shape index (κ1) is 15.5. The SMILES string of the molecule is NC(=O)COc1ccccc1C(=O)NC1C2CC3CC(C2)CC1C3. The summed E-state index contributed by atoms with van der Waals surface area (Å²) in [4.78, 5) is 23.7. The molecule has 5 nitrogen and oxygen atoms in total. The van der Waals surface area contributed by atoms with E-state index in [0.29, 0.717) is 23.1 Å². The van der Waals surface area contributed by atoms with Crippen molar-refractivity contribution in [3.63, 3.8) is 0 Å². The summed E-state index contributed by atoms with van der Waals surface area (Å²) in [5.74, 6) is 2.78. The van der Waals surface area contributed by atoms with Crippen LogP contribution in [-0.4, -0.2) is 24.5 Å². The van der Waals surface area contributed by atoms with Gasteiger partial charge in [-0.2, -0.15) is 0 Å². The van der Waals surface area contributed by atoms with Crippen molar-refractivity contribution >= 4 is 11.8 Å². The van der Waals surface area contributed by atoms with Gasteiger partial charge < -0.3 is 15.8 Å². The van der Waals surface area contributed by atoms with Gasteiger partial charge in [-0.1, -0.05) is 12.1 Å². The van der Waals surface area contributed by atoms with Crippen LogP contribution in [0.4, 0.5) is 0 Å². The number of rotatable bonds is 5. The molecule has 5 rings (SSSR count). The highest BCUT2D eigenvalue weighted by molar-refractivity contribution is 5.97. The molecule has 3 N–H and O–H groups in total. The fourth-order valence-electron chi connectivity index (χ4n) is 5.32. The number of hydrogen-bond donors (Lipinski definition) is 2. The molecule has 128 valence electrons. The Kier molecular flexibility index (Phi) is 3.94. The van der Waals surface area contributed by atoms with Crippen molar-refractivity contribution in [3.05, 3.63) is 29.8 Å². The van der Waals surface area contributed by atoms with E-state index in [1.54, 1.807) is 18.2 Å². The van der Waals surface area contributed by atoms with Crippen molar-refractivity contribution in [1.29, 1.82) is 0 Å². The summed E-state index contributed by atoms with van der Waals surface area (Å²) in [5.41, 5.74) is 5.61. The molecule has 4 bridgehead atoms. The summed E-state index contributed by atoms with van der Waals surface area (Å²) in [6.07, 6.45) is 6.45. The minimum atomic E-state index is -0.550. The number of hydrogen-bond acceptors (Lipinski definition) is 3. The van der Waals surface area contributed by atoms with E-state index in [1.165, 1.54) is 32.1 Å². The van der Waals surface area contributed by atoms with Crippen LogP contribution in [0.15, 0.2) is 24.3 Å². The molecular weight excluding hydrogens is 304 g/mol. The second-order valence-corrected chi connectivity index (χ2v) is 7.68. The number of carbonyl (C=O) groups is 2. The van der Waals surface area contributed by atoms with Gasteiger partial charge in [0.05, 0.1) is 5.56 Å². The molecule has 0 unspecified atom stereocenters. The fraction of sp³-hybridized carbons (Fsp3) is 0.579. The molecular formula is C19H24N2O3. The third-order valence-corrected chi connectivity index (χ3v) is 6.03. The van der Waals surface area contributed by atoms with Crippen LogP contribution in [0.1, 0.15) is 42.5 Å². The Balaban J connectivity index is 1.48. The number of ether oxygens (including phenoxy) is 1. The number of benzene rings is 1. The topological polar surface area (TPSA) is 81.4 Å². The van der Waals surface area contributed by atoms with Crippen LogP contribution in [0.3, 0.4) is 0 Å². The highest BCUT2D eigenvalue weighted by Gasteiger charge is 2.48. The Labute approximate surface area is 141 Å². The van der Waals surface area contributed by atoms with Crippen LogP contribution in [-0.2, 0) is 4.79 Å². The summed E-state index contributed by atoms with van der Waals surface area (Å²) in [6, 6.07) is 7.32. The Morgan fingerprint density at radius 1 is 1.04 bits per heavy atom. The van der Waals surface area contributed by atoms with Crippen molar-refractivity contribution in [1.82, 2.24) is 5.32 Å². The van der Waals surface area contributed by atoms with E-state index in [-0.39, 0.29) is 18.6 Å². The van der Waals surface area contributed by atoms with E-state index in [4.69, 9.17) is 10.5 Å². The number of amides is 2. The Bertz CT molecular complexity index is 630. The molecule has 4 aliphatic rings. The third-order valence-electron chi connectivity index (χ3n) is 6.03. The molecule has 4 fully saturated rings. The maximum Gasteiger partial charge on any atom is 0.255 e. The van der Waals surface area contributed by atoms with Gasteiger partial charge in [-0.3, -0.25) is 9.59 Å². The minimum absolute atomic E-state index is 0.104. The molecule has 5 heteroatoms. The number of nitrogens with one attached hydrogen (secondary N) is 1. The maximum absolute atomic E-state index is 12.8. The fourth-order valence-corrected chi connectivity index (χ4v) is 5.32. The lowest BCUT2D eigenvalue weighted by Gasteiger charge is -2.54. The summed E-state index contributed by atoms with van der Waals surface area (Å²) < 4.78 is 5.39. The number of nitrogens with two attached hydrogens (primary N) is 1. The van der Waals surface area contributed by atoms with E-state index in [9.17, 15) is 9.59 Å². The molecule has 0 spiro atoms. The van der Waals surface area contributed by atoms with Gasteiger partial charge in [-0.15, -0.1) is 0 Å². The van der Waals surface area contributed by atoms with Crippen molar-refractivity contribution < 1.29 is 14.3 Å². The third kappa shape index (κ3) is 2.87. The lowest BCUT2D eigenvalue weighted by atomic mass is 9.54. The molecule has 24 heavy (non-hydrogen) atoms. The molecule has 0 aliphatic heterocycles. The maximum atomic E-state index is 12.8. The van der Waals surface area contributed by atoms with Crippen LogP contribution in [0, 0.1) is 23.7 Å². The summed E-state index contributed by atoms with van der Waals surface area (Å²) in [6.45, 7) is -0.220. The first-order valence-corrected chi connectivity index (χ1v) is 8.91. The van der Waals surface area contributed by atoms with Crippen molar-refractivity contribution in [2.75, 3.05) is 6.61 Å². The second-order valence-electron chi connectivity index (χ2n) is 7.68. The average Bonchev–Trinajstić information content (AvgIpc) is 2.55. The van der Waals surface area contributed by atoms with Crippen molar-refractivity contribution in [3.8, 4) is 5.75 Å². The summed E-state index contributed by atoms with van der Waals surface area (Å²) in [7, 11) is 0. The van der Waals surface area contributed by atoms with E-state index in [1.807, 2.05) is 6.07 Å². The van der Waals surface area contributed by atoms with E-state index < -0.39 is 5.91 Å². The van der Waals surface area contributed by atoms with Gasteiger partial charge in [0.1, 0.15) is 5.75 Å². The van der Waals surface area contributed by atoms with Crippen LogP contribution in [0.5, 0.6) is 5.75 Å².